The van der Waals surface area contributed by atoms with Crippen molar-refractivity contribution in [3.63, 3.8) is 0 Å². The molecule has 4 nitrogen and oxygen atoms in total. The van der Waals surface area contributed by atoms with Crippen LogP contribution in [0.15, 0.2) is 24.3 Å². The first-order chi connectivity index (χ1) is 10.6. The second-order valence-corrected chi connectivity index (χ2v) is 6.63. The minimum absolute atomic E-state index is 0.148. The van der Waals surface area contributed by atoms with Crippen LogP contribution < -0.4 is 10.2 Å². The number of nitrogens with zero attached hydrogens (tertiary/aromatic N) is 2. The van der Waals surface area contributed by atoms with Crippen LogP contribution in [0.5, 0.6) is 0 Å². The van der Waals surface area contributed by atoms with Gasteiger partial charge in [0.05, 0.1) is 0 Å². The molecular formula is C17H26ClN3O. The molecule has 1 fully saturated rings. The van der Waals surface area contributed by atoms with Crippen molar-refractivity contribution in [2.75, 3.05) is 45.2 Å². The molecule has 0 unspecified atom stereocenters. The minimum atomic E-state index is 0.148. The number of rotatable bonds is 6. The quantitative estimate of drug-likeness (QED) is 0.817. The van der Waals surface area contributed by atoms with Gasteiger partial charge in [0.15, 0.2) is 0 Å². The summed E-state index contributed by atoms with van der Waals surface area (Å²) in [5.41, 5.74) is 1.15. The summed E-state index contributed by atoms with van der Waals surface area (Å²) in [6.07, 6.45) is 2.82. The Hall–Kier alpha value is -1.26. The molecule has 1 amide bonds. The van der Waals surface area contributed by atoms with Crippen LogP contribution in [0.4, 0.5) is 5.69 Å². The molecule has 122 valence electrons. The molecule has 1 aliphatic heterocycles. The fraction of sp³-hybridized carbons (Fsp3) is 0.588. The first-order valence-electron chi connectivity index (χ1n) is 7.99. The average Bonchev–Trinajstić information content (AvgIpc) is 2.51. The van der Waals surface area contributed by atoms with Crippen molar-refractivity contribution >= 4 is 23.2 Å². The van der Waals surface area contributed by atoms with Crippen molar-refractivity contribution in [3.8, 4) is 0 Å². The maximum atomic E-state index is 12.2. The summed E-state index contributed by atoms with van der Waals surface area (Å²) in [5.74, 6) is 0.360. The molecule has 2 rings (SSSR count). The van der Waals surface area contributed by atoms with Crippen LogP contribution in [-0.4, -0.2) is 51.1 Å². The molecule has 0 bridgehead atoms. The van der Waals surface area contributed by atoms with Gasteiger partial charge in [-0.2, -0.15) is 0 Å². The molecule has 1 aliphatic rings. The highest BCUT2D eigenvalue weighted by Crippen LogP contribution is 2.25. The summed E-state index contributed by atoms with van der Waals surface area (Å²) < 4.78 is 0. The number of carbonyl (C=O) groups excluding carboxylic acids is 1. The molecule has 0 spiro atoms. The fourth-order valence-corrected chi connectivity index (χ4v) is 3.01. The van der Waals surface area contributed by atoms with E-state index in [1.54, 1.807) is 0 Å². The Kier molecular flexibility index (Phi) is 6.52. The highest BCUT2D eigenvalue weighted by atomic mass is 35.5. The first-order valence-corrected chi connectivity index (χ1v) is 8.37. The number of nitrogens with one attached hydrogen (secondary N) is 1. The van der Waals surface area contributed by atoms with E-state index < -0.39 is 0 Å². The number of halogens is 1. The molecule has 1 aromatic rings. The highest BCUT2D eigenvalue weighted by Gasteiger charge is 2.24. The third-order valence-corrected chi connectivity index (χ3v) is 4.36. The SMILES string of the molecule is CN(C)CCCNC(=O)C1CCN(c2cccc(Cl)c2)CC1. The minimum Gasteiger partial charge on any atom is -0.371 e. The van der Waals surface area contributed by atoms with Crippen molar-refractivity contribution in [3.05, 3.63) is 29.3 Å². The summed E-state index contributed by atoms with van der Waals surface area (Å²) in [4.78, 5) is 16.6. The first kappa shape index (κ1) is 17.1. The molecule has 0 radical (unpaired) electrons. The third-order valence-electron chi connectivity index (χ3n) is 4.12. The lowest BCUT2D eigenvalue weighted by molar-refractivity contribution is -0.125. The van der Waals surface area contributed by atoms with Gasteiger partial charge in [-0.3, -0.25) is 4.79 Å². The molecule has 1 saturated heterocycles. The Labute approximate surface area is 138 Å². The van der Waals surface area contributed by atoms with E-state index >= 15 is 0 Å². The number of anilines is 1. The normalized spacial score (nSPS) is 16.1. The third kappa shape index (κ3) is 5.18. The predicted molar refractivity (Wildman–Crippen MR) is 92.6 cm³/mol. The Morgan fingerprint density at radius 3 is 2.73 bits per heavy atom. The van der Waals surface area contributed by atoms with Gasteiger partial charge >= 0.3 is 0 Å². The molecule has 0 aromatic heterocycles. The standard InChI is InChI=1S/C17H26ClN3O/c1-20(2)10-4-9-19-17(22)14-7-11-21(12-8-14)16-6-3-5-15(18)13-16/h3,5-6,13-14H,4,7-12H2,1-2H3,(H,19,22). The van der Waals surface area contributed by atoms with Crippen LogP contribution in [0.25, 0.3) is 0 Å². The van der Waals surface area contributed by atoms with Crippen LogP contribution in [0.3, 0.4) is 0 Å². The van der Waals surface area contributed by atoms with Gasteiger partial charge in [0.25, 0.3) is 0 Å². The van der Waals surface area contributed by atoms with Crippen molar-refractivity contribution in [2.24, 2.45) is 5.92 Å². The molecule has 1 N–H and O–H groups in total. The van der Waals surface area contributed by atoms with Crippen molar-refractivity contribution in [2.45, 2.75) is 19.3 Å². The maximum Gasteiger partial charge on any atom is 0.223 e. The van der Waals surface area contributed by atoms with Crippen LogP contribution in [0.2, 0.25) is 5.02 Å². The molecule has 0 aliphatic carbocycles. The molecule has 1 aromatic carbocycles. The van der Waals surface area contributed by atoms with Gasteiger partial charge in [-0.15, -0.1) is 0 Å². The number of piperidine rings is 1. The van der Waals surface area contributed by atoms with Crippen molar-refractivity contribution in [1.82, 2.24) is 10.2 Å². The lowest BCUT2D eigenvalue weighted by atomic mass is 9.95. The smallest absolute Gasteiger partial charge is 0.223 e. The molecule has 1 heterocycles. The van der Waals surface area contributed by atoms with E-state index in [-0.39, 0.29) is 11.8 Å². The summed E-state index contributed by atoms with van der Waals surface area (Å²) >= 11 is 6.04. The van der Waals surface area contributed by atoms with Gasteiger partial charge in [-0.25, -0.2) is 0 Å². The van der Waals surface area contributed by atoms with Gasteiger partial charge in [-0.1, -0.05) is 17.7 Å². The summed E-state index contributed by atoms with van der Waals surface area (Å²) in [6, 6.07) is 7.93. The Morgan fingerprint density at radius 1 is 1.36 bits per heavy atom. The molecule has 22 heavy (non-hydrogen) atoms. The number of amides is 1. The van der Waals surface area contributed by atoms with Crippen LogP contribution >= 0.6 is 11.6 Å². The van der Waals surface area contributed by atoms with E-state index in [4.69, 9.17) is 11.6 Å². The number of benzene rings is 1. The van der Waals surface area contributed by atoms with Gasteiger partial charge in [0.1, 0.15) is 0 Å². The highest BCUT2D eigenvalue weighted by molar-refractivity contribution is 6.30. The summed E-state index contributed by atoms with van der Waals surface area (Å²) in [7, 11) is 4.10. The van der Waals surface area contributed by atoms with E-state index in [1.165, 1.54) is 0 Å². The van der Waals surface area contributed by atoms with Crippen LogP contribution in [0.1, 0.15) is 19.3 Å². The number of hydrogen-bond acceptors (Lipinski definition) is 3. The van der Waals surface area contributed by atoms with Crippen molar-refractivity contribution in [1.29, 1.82) is 0 Å². The molecule has 0 saturated carbocycles. The van der Waals surface area contributed by atoms with Crippen molar-refractivity contribution < 1.29 is 4.79 Å². The predicted octanol–water partition coefficient (Wildman–Crippen LogP) is 2.62. The fourth-order valence-electron chi connectivity index (χ4n) is 2.82. The van der Waals surface area contributed by atoms with Gasteiger partial charge in [0, 0.05) is 36.3 Å². The van der Waals surface area contributed by atoms with Crippen LogP contribution in [0, 0.1) is 5.92 Å². The average molecular weight is 324 g/mol. The van der Waals surface area contributed by atoms with Gasteiger partial charge in [-0.05, 0) is 58.1 Å². The molecule has 5 heteroatoms. The largest absolute Gasteiger partial charge is 0.371 e. The van der Waals surface area contributed by atoms with E-state index in [0.717, 1.165) is 56.2 Å². The lowest BCUT2D eigenvalue weighted by Gasteiger charge is -2.33. The Morgan fingerprint density at radius 2 is 2.09 bits per heavy atom. The molecular weight excluding hydrogens is 298 g/mol. The monoisotopic (exact) mass is 323 g/mol. The summed E-state index contributed by atoms with van der Waals surface area (Å²) in [5, 5.41) is 3.83. The van der Waals surface area contributed by atoms with E-state index in [1.807, 2.05) is 32.3 Å². The zero-order chi connectivity index (χ0) is 15.9. The Bertz CT molecular complexity index is 485. The zero-order valence-electron chi connectivity index (χ0n) is 13.5. The van der Waals surface area contributed by atoms with E-state index in [0.29, 0.717) is 0 Å². The van der Waals surface area contributed by atoms with Crippen LogP contribution in [-0.2, 0) is 4.79 Å². The molecule has 0 atom stereocenters. The van der Waals surface area contributed by atoms with Gasteiger partial charge in [0.2, 0.25) is 5.91 Å². The Balaban J connectivity index is 1.73. The second-order valence-electron chi connectivity index (χ2n) is 6.19. The topological polar surface area (TPSA) is 35.6 Å². The zero-order valence-corrected chi connectivity index (χ0v) is 14.3. The van der Waals surface area contributed by atoms with E-state index in [2.05, 4.69) is 21.2 Å². The lowest BCUT2D eigenvalue weighted by Crippen LogP contribution is -2.41. The second kappa shape index (κ2) is 8.39. The van der Waals surface area contributed by atoms with Gasteiger partial charge < -0.3 is 15.1 Å². The number of hydrogen-bond donors (Lipinski definition) is 1. The maximum absolute atomic E-state index is 12.2. The van der Waals surface area contributed by atoms with E-state index in [9.17, 15) is 4.79 Å². The summed E-state index contributed by atoms with van der Waals surface area (Å²) in [6.45, 7) is 3.60. The number of carbonyl (C=O) groups is 1.